The molecule has 0 amide bonds. The van der Waals surface area contributed by atoms with Crippen LogP contribution in [0.1, 0.15) is 66.0 Å². The van der Waals surface area contributed by atoms with Gasteiger partial charge in [0.2, 0.25) is 0 Å². The summed E-state index contributed by atoms with van der Waals surface area (Å²) in [6.07, 6.45) is 3.70. The Hall–Kier alpha value is -2.23. The van der Waals surface area contributed by atoms with Crippen molar-refractivity contribution in [2.45, 2.75) is 90.0 Å². The highest BCUT2D eigenvalue weighted by Gasteiger charge is 2.62. The van der Waals surface area contributed by atoms with Gasteiger partial charge in [-0.05, 0) is 45.7 Å². The standard InChI is InChI=1S/C23H34N4O5/c1-6-8-14(9-7-2)21(28)29-12-16-18-19(32-22(3,4)31-18)23(5,30-16)17-11-10-15-20(24)25-13-26-27(15)17/h10-11,13-14,16,18-19H,6-9,12H2,1-5H3,(H2,24,25,26)/t16-,18-,19-,23+/m1/s1. The number of rotatable bonds is 8. The van der Waals surface area contributed by atoms with Gasteiger partial charge in [-0.2, -0.15) is 5.10 Å². The molecule has 0 unspecified atom stereocenters. The number of carbonyl (C=O) groups excluding carboxylic acids is 1. The monoisotopic (exact) mass is 446 g/mol. The Morgan fingerprint density at radius 2 is 1.91 bits per heavy atom. The molecular formula is C23H34N4O5. The average Bonchev–Trinajstić information content (AvgIpc) is 3.39. The van der Waals surface area contributed by atoms with Crippen LogP contribution < -0.4 is 5.73 Å². The first-order valence-corrected chi connectivity index (χ1v) is 11.5. The summed E-state index contributed by atoms with van der Waals surface area (Å²) in [5.74, 6) is -0.651. The van der Waals surface area contributed by atoms with Gasteiger partial charge < -0.3 is 24.7 Å². The van der Waals surface area contributed by atoms with Crippen molar-refractivity contribution < 1.29 is 23.7 Å². The molecule has 176 valence electrons. The molecule has 2 saturated heterocycles. The quantitative estimate of drug-likeness (QED) is 0.616. The maximum absolute atomic E-state index is 12.7. The first-order valence-electron chi connectivity index (χ1n) is 11.5. The molecule has 2 N–H and O–H groups in total. The van der Waals surface area contributed by atoms with Crippen LogP contribution in [0.2, 0.25) is 0 Å². The number of nitrogens with zero attached hydrogens (tertiary/aromatic N) is 3. The number of nitrogen functional groups attached to an aromatic ring is 1. The molecule has 0 spiro atoms. The molecule has 0 saturated carbocycles. The van der Waals surface area contributed by atoms with Crippen LogP contribution in [0.25, 0.3) is 5.52 Å². The number of ether oxygens (including phenoxy) is 4. The third-order valence-electron chi connectivity index (χ3n) is 6.42. The lowest BCUT2D eigenvalue weighted by molar-refractivity contribution is -0.215. The molecule has 0 aromatic carbocycles. The van der Waals surface area contributed by atoms with E-state index in [1.807, 2.05) is 32.9 Å². The predicted molar refractivity (Wildman–Crippen MR) is 118 cm³/mol. The maximum atomic E-state index is 12.7. The largest absolute Gasteiger partial charge is 0.463 e. The summed E-state index contributed by atoms with van der Waals surface area (Å²) in [6.45, 7) is 9.98. The van der Waals surface area contributed by atoms with E-state index in [2.05, 4.69) is 23.9 Å². The minimum absolute atomic E-state index is 0.0833. The van der Waals surface area contributed by atoms with E-state index in [0.29, 0.717) is 11.3 Å². The van der Waals surface area contributed by atoms with Crippen LogP contribution in [0.3, 0.4) is 0 Å². The van der Waals surface area contributed by atoms with Gasteiger partial charge in [-0.3, -0.25) is 4.79 Å². The van der Waals surface area contributed by atoms with Crippen molar-refractivity contribution in [3.8, 4) is 0 Å². The second-order valence-electron chi connectivity index (χ2n) is 9.35. The molecule has 4 rings (SSSR count). The van der Waals surface area contributed by atoms with E-state index < -0.39 is 23.6 Å². The van der Waals surface area contributed by atoms with Crippen LogP contribution >= 0.6 is 0 Å². The van der Waals surface area contributed by atoms with Crippen molar-refractivity contribution in [2.24, 2.45) is 5.92 Å². The number of esters is 1. The number of aromatic nitrogens is 3. The number of fused-ring (bicyclic) bond motifs is 2. The molecule has 2 aliphatic heterocycles. The van der Waals surface area contributed by atoms with E-state index in [9.17, 15) is 4.79 Å². The van der Waals surface area contributed by atoms with E-state index in [1.165, 1.54) is 6.33 Å². The van der Waals surface area contributed by atoms with Crippen molar-refractivity contribution in [3.63, 3.8) is 0 Å². The Balaban J connectivity index is 1.59. The number of anilines is 1. The van der Waals surface area contributed by atoms with Crippen LogP contribution in [0.4, 0.5) is 5.82 Å². The molecule has 0 aliphatic carbocycles. The lowest BCUT2D eigenvalue weighted by atomic mass is 9.93. The summed E-state index contributed by atoms with van der Waals surface area (Å²) in [4.78, 5) is 16.8. The molecule has 9 nitrogen and oxygen atoms in total. The number of nitrogens with two attached hydrogens (primary N) is 1. The summed E-state index contributed by atoms with van der Waals surface area (Å²) in [7, 11) is 0. The minimum atomic E-state index is -0.880. The second-order valence-corrected chi connectivity index (χ2v) is 9.35. The highest BCUT2D eigenvalue weighted by molar-refractivity contribution is 5.72. The Kier molecular flexibility index (Phi) is 6.17. The molecule has 4 atom stereocenters. The predicted octanol–water partition coefficient (Wildman–Crippen LogP) is 3.21. The van der Waals surface area contributed by atoms with Crippen molar-refractivity contribution >= 4 is 17.3 Å². The van der Waals surface area contributed by atoms with E-state index >= 15 is 0 Å². The first kappa shape index (κ1) is 22.9. The normalized spacial score (nSPS) is 29.0. The first-order chi connectivity index (χ1) is 15.2. The molecule has 2 aliphatic rings. The van der Waals surface area contributed by atoms with Gasteiger partial charge in [-0.1, -0.05) is 26.7 Å². The van der Waals surface area contributed by atoms with Crippen LogP contribution in [0, 0.1) is 5.92 Å². The van der Waals surface area contributed by atoms with E-state index in [4.69, 9.17) is 24.7 Å². The van der Waals surface area contributed by atoms with E-state index in [-0.39, 0.29) is 24.6 Å². The van der Waals surface area contributed by atoms with Crippen molar-refractivity contribution in [3.05, 3.63) is 24.2 Å². The maximum Gasteiger partial charge on any atom is 0.309 e. The zero-order valence-corrected chi connectivity index (χ0v) is 19.5. The summed E-state index contributed by atoms with van der Waals surface area (Å²) in [5, 5.41) is 4.37. The molecule has 2 fully saturated rings. The van der Waals surface area contributed by atoms with Crippen LogP contribution in [0.15, 0.2) is 18.5 Å². The number of carbonyl (C=O) groups is 1. The third kappa shape index (κ3) is 3.97. The molecule has 2 aromatic rings. The molecule has 9 heteroatoms. The van der Waals surface area contributed by atoms with Crippen molar-refractivity contribution in [1.82, 2.24) is 14.6 Å². The van der Waals surface area contributed by atoms with Gasteiger partial charge in [-0.25, -0.2) is 9.50 Å². The van der Waals surface area contributed by atoms with Gasteiger partial charge in [0.1, 0.15) is 42.4 Å². The fourth-order valence-corrected chi connectivity index (χ4v) is 4.96. The summed E-state index contributed by atoms with van der Waals surface area (Å²) >= 11 is 0. The molecule has 0 radical (unpaired) electrons. The molecule has 4 heterocycles. The van der Waals surface area contributed by atoms with Gasteiger partial charge in [0.25, 0.3) is 0 Å². The fraction of sp³-hybridized carbons (Fsp3) is 0.696. The zero-order chi connectivity index (χ0) is 23.1. The lowest BCUT2D eigenvalue weighted by Gasteiger charge is -2.31. The Bertz CT molecular complexity index is 970. The highest BCUT2D eigenvalue weighted by Crippen LogP contribution is 2.49. The third-order valence-corrected chi connectivity index (χ3v) is 6.42. The summed E-state index contributed by atoms with van der Waals surface area (Å²) in [6, 6.07) is 3.78. The van der Waals surface area contributed by atoms with Gasteiger partial charge >= 0.3 is 5.97 Å². The molecule has 32 heavy (non-hydrogen) atoms. The van der Waals surface area contributed by atoms with Gasteiger partial charge in [-0.15, -0.1) is 0 Å². The van der Waals surface area contributed by atoms with E-state index in [1.54, 1.807) is 4.52 Å². The number of hydrogen-bond acceptors (Lipinski definition) is 8. The number of hydrogen-bond donors (Lipinski definition) is 1. The van der Waals surface area contributed by atoms with Gasteiger partial charge in [0, 0.05) is 0 Å². The van der Waals surface area contributed by atoms with Crippen molar-refractivity contribution in [2.75, 3.05) is 12.3 Å². The molecule has 0 bridgehead atoms. The van der Waals surface area contributed by atoms with E-state index in [0.717, 1.165) is 31.4 Å². The summed E-state index contributed by atoms with van der Waals surface area (Å²) in [5.41, 5.74) is 6.61. The Labute approximate surface area is 188 Å². The minimum Gasteiger partial charge on any atom is -0.463 e. The lowest BCUT2D eigenvalue weighted by Crippen LogP contribution is -2.39. The second kappa shape index (κ2) is 8.61. The topological polar surface area (TPSA) is 110 Å². The Morgan fingerprint density at radius 3 is 2.59 bits per heavy atom. The van der Waals surface area contributed by atoms with Gasteiger partial charge in [0.15, 0.2) is 11.6 Å². The molecular weight excluding hydrogens is 412 g/mol. The van der Waals surface area contributed by atoms with Crippen LogP contribution in [-0.2, 0) is 29.3 Å². The Morgan fingerprint density at radius 1 is 1.19 bits per heavy atom. The smallest absolute Gasteiger partial charge is 0.309 e. The van der Waals surface area contributed by atoms with Crippen LogP contribution in [-0.4, -0.2) is 51.3 Å². The van der Waals surface area contributed by atoms with Crippen molar-refractivity contribution in [1.29, 1.82) is 0 Å². The summed E-state index contributed by atoms with van der Waals surface area (Å²) < 4.78 is 26.4. The zero-order valence-electron chi connectivity index (χ0n) is 19.5. The van der Waals surface area contributed by atoms with Crippen LogP contribution in [0.5, 0.6) is 0 Å². The molecule has 2 aromatic heterocycles. The SMILES string of the molecule is CCCC(CCC)C(=O)OC[C@H]1O[C@@](C)(c2ccc3c(N)ncnn23)[C@@H]2OC(C)(C)O[C@@H]21. The van der Waals surface area contributed by atoms with Gasteiger partial charge in [0.05, 0.1) is 11.6 Å². The highest BCUT2D eigenvalue weighted by atomic mass is 16.8. The fourth-order valence-electron chi connectivity index (χ4n) is 4.96. The average molecular weight is 447 g/mol.